The average molecular weight is 218 g/mol. The van der Waals surface area contributed by atoms with E-state index >= 15 is 0 Å². The lowest BCUT2D eigenvalue weighted by Crippen LogP contribution is -2.17. The van der Waals surface area contributed by atoms with Gasteiger partial charge in [-0.25, -0.2) is 0 Å². The fourth-order valence-electron chi connectivity index (χ4n) is 2.69. The monoisotopic (exact) mass is 218 g/mol. The van der Waals surface area contributed by atoms with Crippen LogP contribution < -0.4 is 11.1 Å². The van der Waals surface area contributed by atoms with Gasteiger partial charge in [0.15, 0.2) is 0 Å². The highest BCUT2D eigenvalue weighted by atomic mass is 14.9. The van der Waals surface area contributed by atoms with Crippen LogP contribution in [0.3, 0.4) is 0 Å². The van der Waals surface area contributed by atoms with Crippen LogP contribution >= 0.6 is 0 Å². The Morgan fingerprint density at radius 2 is 2.06 bits per heavy atom. The van der Waals surface area contributed by atoms with Crippen molar-refractivity contribution in [3.8, 4) is 0 Å². The zero-order valence-electron chi connectivity index (χ0n) is 10.5. The molecular formula is C14H22N2. The Bertz CT molecular complexity index is 362. The van der Waals surface area contributed by atoms with Gasteiger partial charge in [-0.05, 0) is 55.4 Å². The Morgan fingerprint density at radius 3 is 2.62 bits per heavy atom. The van der Waals surface area contributed by atoms with Gasteiger partial charge in [0.05, 0.1) is 0 Å². The SMILES string of the molecule is Cc1cc(N)cc(NC2CCC(C)(C)C2)c1. The summed E-state index contributed by atoms with van der Waals surface area (Å²) in [5.74, 6) is 0. The molecule has 1 aromatic carbocycles. The highest BCUT2D eigenvalue weighted by Gasteiger charge is 2.30. The van der Waals surface area contributed by atoms with Gasteiger partial charge in [0, 0.05) is 17.4 Å². The third-order valence-corrected chi connectivity index (χ3v) is 3.44. The van der Waals surface area contributed by atoms with Crippen molar-refractivity contribution in [2.45, 2.75) is 46.1 Å². The molecule has 1 aliphatic carbocycles. The molecule has 0 bridgehead atoms. The molecule has 0 spiro atoms. The molecule has 1 saturated carbocycles. The van der Waals surface area contributed by atoms with Crippen LogP contribution in [0.5, 0.6) is 0 Å². The fraction of sp³-hybridized carbons (Fsp3) is 0.571. The number of hydrogen-bond donors (Lipinski definition) is 2. The molecule has 2 heteroatoms. The molecule has 1 aliphatic rings. The Morgan fingerprint density at radius 1 is 1.31 bits per heavy atom. The minimum atomic E-state index is 0.493. The lowest BCUT2D eigenvalue weighted by atomic mass is 9.92. The number of aryl methyl sites for hydroxylation is 1. The van der Waals surface area contributed by atoms with Crippen LogP contribution in [0.25, 0.3) is 0 Å². The normalized spacial score (nSPS) is 23.3. The van der Waals surface area contributed by atoms with Gasteiger partial charge < -0.3 is 11.1 Å². The molecule has 2 rings (SSSR count). The van der Waals surface area contributed by atoms with Gasteiger partial charge >= 0.3 is 0 Å². The summed E-state index contributed by atoms with van der Waals surface area (Å²) in [7, 11) is 0. The van der Waals surface area contributed by atoms with Crippen molar-refractivity contribution in [2.75, 3.05) is 11.1 Å². The number of hydrogen-bond acceptors (Lipinski definition) is 2. The Kier molecular flexibility index (Phi) is 2.83. The van der Waals surface area contributed by atoms with Crippen molar-refractivity contribution in [1.82, 2.24) is 0 Å². The molecule has 0 heterocycles. The predicted molar refractivity (Wildman–Crippen MR) is 70.6 cm³/mol. The predicted octanol–water partition coefficient (Wildman–Crippen LogP) is 3.57. The first-order valence-electron chi connectivity index (χ1n) is 6.08. The highest BCUT2D eigenvalue weighted by molar-refractivity contribution is 5.57. The maximum Gasteiger partial charge on any atom is 0.0365 e. The third-order valence-electron chi connectivity index (χ3n) is 3.44. The van der Waals surface area contributed by atoms with Crippen LogP contribution in [0.15, 0.2) is 18.2 Å². The molecule has 1 atom stereocenters. The number of nitrogens with one attached hydrogen (secondary N) is 1. The van der Waals surface area contributed by atoms with Gasteiger partial charge in [0.1, 0.15) is 0 Å². The van der Waals surface area contributed by atoms with Gasteiger partial charge in [-0.3, -0.25) is 0 Å². The number of rotatable bonds is 2. The smallest absolute Gasteiger partial charge is 0.0365 e. The summed E-state index contributed by atoms with van der Waals surface area (Å²) in [6, 6.07) is 6.81. The maximum atomic E-state index is 5.85. The van der Waals surface area contributed by atoms with E-state index in [1.165, 1.54) is 30.5 Å². The number of nitrogens with two attached hydrogens (primary N) is 1. The van der Waals surface area contributed by atoms with E-state index in [2.05, 4.69) is 32.2 Å². The minimum Gasteiger partial charge on any atom is -0.399 e. The van der Waals surface area contributed by atoms with Crippen molar-refractivity contribution in [1.29, 1.82) is 0 Å². The second kappa shape index (κ2) is 4.00. The molecule has 0 radical (unpaired) electrons. The quantitative estimate of drug-likeness (QED) is 0.745. The first-order chi connectivity index (χ1) is 7.44. The molecule has 88 valence electrons. The third kappa shape index (κ3) is 2.69. The van der Waals surface area contributed by atoms with Crippen molar-refractivity contribution in [3.63, 3.8) is 0 Å². The molecule has 2 nitrogen and oxygen atoms in total. The van der Waals surface area contributed by atoms with Crippen LogP contribution in [-0.2, 0) is 0 Å². The van der Waals surface area contributed by atoms with Gasteiger partial charge in [-0.15, -0.1) is 0 Å². The zero-order chi connectivity index (χ0) is 11.8. The van der Waals surface area contributed by atoms with Gasteiger partial charge in [-0.1, -0.05) is 13.8 Å². The van der Waals surface area contributed by atoms with Crippen LogP contribution in [-0.4, -0.2) is 6.04 Å². The number of benzene rings is 1. The lowest BCUT2D eigenvalue weighted by Gasteiger charge is -2.19. The molecule has 3 N–H and O–H groups in total. The van der Waals surface area contributed by atoms with Crippen molar-refractivity contribution in [3.05, 3.63) is 23.8 Å². The van der Waals surface area contributed by atoms with Crippen molar-refractivity contribution >= 4 is 11.4 Å². The van der Waals surface area contributed by atoms with E-state index in [4.69, 9.17) is 5.73 Å². The zero-order valence-corrected chi connectivity index (χ0v) is 10.5. The minimum absolute atomic E-state index is 0.493. The summed E-state index contributed by atoms with van der Waals surface area (Å²) >= 11 is 0. The molecule has 0 aliphatic heterocycles. The first kappa shape index (κ1) is 11.3. The summed E-state index contributed by atoms with van der Waals surface area (Å²) in [5, 5.41) is 3.60. The van der Waals surface area contributed by atoms with E-state index in [-0.39, 0.29) is 0 Å². The van der Waals surface area contributed by atoms with Crippen LogP contribution in [0, 0.1) is 12.3 Å². The van der Waals surface area contributed by atoms with Crippen LogP contribution in [0.4, 0.5) is 11.4 Å². The van der Waals surface area contributed by atoms with Crippen molar-refractivity contribution in [2.24, 2.45) is 5.41 Å². The Labute approximate surface area is 98.2 Å². The molecule has 16 heavy (non-hydrogen) atoms. The van der Waals surface area contributed by atoms with E-state index in [9.17, 15) is 0 Å². The van der Waals surface area contributed by atoms with E-state index in [0.29, 0.717) is 11.5 Å². The van der Waals surface area contributed by atoms with Crippen LogP contribution in [0.1, 0.15) is 38.7 Å². The lowest BCUT2D eigenvalue weighted by molar-refractivity contribution is 0.378. The topological polar surface area (TPSA) is 38.0 Å². The number of nitrogen functional groups attached to an aromatic ring is 1. The highest BCUT2D eigenvalue weighted by Crippen LogP contribution is 2.38. The fourth-order valence-corrected chi connectivity index (χ4v) is 2.69. The van der Waals surface area contributed by atoms with E-state index < -0.39 is 0 Å². The van der Waals surface area contributed by atoms with E-state index in [1.807, 2.05) is 12.1 Å². The van der Waals surface area contributed by atoms with E-state index in [0.717, 1.165) is 5.69 Å². The standard InChI is InChI=1S/C14H22N2/c1-10-6-11(15)8-13(7-10)16-12-4-5-14(2,3)9-12/h6-8,12,16H,4-5,9,15H2,1-3H3. The summed E-state index contributed by atoms with van der Waals surface area (Å²) in [6.07, 6.45) is 3.83. The largest absolute Gasteiger partial charge is 0.399 e. The van der Waals surface area contributed by atoms with E-state index in [1.54, 1.807) is 0 Å². The molecule has 0 saturated heterocycles. The summed E-state index contributed by atoms with van der Waals surface area (Å²) in [5.41, 5.74) is 9.58. The summed E-state index contributed by atoms with van der Waals surface area (Å²) in [6.45, 7) is 6.78. The Hall–Kier alpha value is -1.18. The molecule has 1 unspecified atom stereocenters. The van der Waals surface area contributed by atoms with Gasteiger partial charge in [0.2, 0.25) is 0 Å². The van der Waals surface area contributed by atoms with Gasteiger partial charge in [0.25, 0.3) is 0 Å². The first-order valence-corrected chi connectivity index (χ1v) is 6.08. The molecule has 1 aromatic rings. The molecule has 1 fully saturated rings. The average Bonchev–Trinajstić information content (AvgIpc) is 2.43. The molecule has 0 aromatic heterocycles. The molecular weight excluding hydrogens is 196 g/mol. The Balaban J connectivity index is 2.05. The molecule has 0 amide bonds. The second-order valence-corrected chi connectivity index (χ2v) is 5.88. The van der Waals surface area contributed by atoms with Crippen LogP contribution in [0.2, 0.25) is 0 Å². The summed E-state index contributed by atoms with van der Waals surface area (Å²) in [4.78, 5) is 0. The second-order valence-electron chi connectivity index (χ2n) is 5.88. The maximum absolute atomic E-state index is 5.85. The summed E-state index contributed by atoms with van der Waals surface area (Å²) < 4.78 is 0. The van der Waals surface area contributed by atoms with Gasteiger partial charge in [-0.2, -0.15) is 0 Å². The number of anilines is 2. The van der Waals surface area contributed by atoms with Crippen molar-refractivity contribution < 1.29 is 0 Å².